The van der Waals surface area contributed by atoms with Crippen LogP contribution in [0.1, 0.15) is 52.7 Å². The molecular formula is C25H22FN5O4. The van der Waals surface area contributed by atoms with E-state index in [0.717, 1.165) is 29.5 Å². The number of carbonyl (C=O) groups is 3. The van der Waals surface area contributed by atoms with Crippen LogP contribution in [0.4, 0.5) is 10.4 Å². The minimum absolute atomic E-state index is 0.202. The molecule has 0 bridgehead atoms. The van der Waals surface area contributed by atoms with E-state index in [0.29, 0.717) is 24.1 Å². The van der Waals surface area contributed by atoms with Gasteiger partial charge in [-0.1, -0.05) is 11.2 Å². The Morgan fingerprint density at radius 3 is 2.63 bits per heavy atom. The first kappa shape index (κ1) is 21.5. The zero-order valence-electron chi connectivity index (χ0n) is 18.9. The Morgan fingerprint density at radius 2 is 1.91 bits per heavy atom. The van der Waals surface area contributed by atoms with E-state index in [9.17, 15) is 18.8 Å². The topological polar surface area (TPSA) is 117 Å². The van der Waals surface area contributed by atoms with E-state index in [1.54, 1.807) is 17.0 Å². The molecule has 1 aromatic heterocycles. The second-order valence-corrected chi connectivity index (χ2v) is 9.35. The number of rotatable bonds is 5. The van der Waals surface area contributed by atoms with Crippen LogP contribution in [0.3, 0.4) is 0 Å². The quantitative estimate of drug-likeness (QED) is 0.545. The zero-order valence-corrected chi connectivity index (χ0v) is 18.9. The van der Waals surface area contributed by atoms with Crippen LogP contribution in [0.15, 0.2) is 40.8 Å². The van der Waals surface area contributed by atoms with Gasteiger partial charge in [-0.25, -0.2) is 4.39 Å². The Morgan fingerprint density at radius 1 is 1.14 bits per heavy atom. The number of piperidine rings is 1. The van der Waals surface area contributed by atoms with E-state index < -0.39 is 17.5 Å². The number of imide groups is 1. The Labute approximate surface area is 199 Å². The number of hydrogen-bond acceptors (Lipinski definition) is 7. The molecule has 1 atom stereocenters. The van der Waals surface area contributed by atoms with Crippen LogP contribution in [-0.2, 0) is 21.7 Å². The van der Waals surface area contributed by atoms with E-state index in [1.807, 2.05) is 13.0 Å². The summed E-state index contributed by atoms with van der Waals surface area (Å²) in [6, 6.07) is 9.34. The predicted octanol–water partition coefficient (Wildman–Crippen LogP) is 3.05. The van der Waals surface area contributed by atoms with Crippen LogP contribution in [0, 0.1) is 12.7 Å². The summed E-state index contributed by atoms with van der Waals surface area (Å²) in [4.78, 5) is 38.7. The maximum Gasteiger partial charge on any atom is 0.316 e. The highest BCUT2D eigenvalue weighted by molar-refractivity contribution is 6.05. The number of benzene rings is 2. The minimum Gasteiger partial charge on any atom is -0.403 e. The summed E-state index contributed by atoms with van der Waals surface area (Å²) in [5.74, 6) is -0.996. The monoisotopic (exact) mass is 475 g/mol. The molecule has 6 rings (SSSR count). The van der Waals surface area contributed by atoms with Crippen LogP contribution < -0.4 is 10.6 Å². The highest BCUT2D eigenvalue weighted by atomic mass is 19.1. The average Bonchev–Trinajstić information content (AvgIpc) is 3.33. The molecule has 1 saturated carbocycles. The standard InChI is InChI=1S/C25H22FN5O4/c1-13-10-15(11-17-18(13)12-31(23(17)34)19-6-7-20(32)27-21(19)33)25(8-9-25)28-24-30-29-22(35-24)14-2-4-16(26)5-3-14/h2-5,10-11,19H,6-9,12H2,1H3,(H,28,30)(H,27,32,33). The van der Waals surface area contributed by atoms with Crippen molar-refractivity contribution in [2.45, 2.75) is 50.7 Å². The zero-order chi connectivity index (χ0) is 24.3. The molecule has 2 aromatic carbocycles. The molecule has 2 aliphatic heterocycles. The lowest BCUT2D eigenvalue weighted by atomic mass is 9.95. The number of halogens is 1. The van der Waals surface area contributed by atoms with Crippen molar-refractivity contribution < 1.29 is 23.2 Å². The predicted molar refractivity (Wildman–Crippen MR) is 121 cm³/mol. The van der Waals surface area contributed by atoms with Gasteiger partial charge < -0.3 is 14.6 Å². The second-order valence-electron chi connectivity index (χ2n) is 9.35. The number of aromatic nitrogens is 2. The van der Waals surface area contributed by atoms with Gasteiger partial charge in [-0.3, -0.25) is 19.7 Å². The summed E-state index contributed by atoms with van der Waals surface area (Å²) >= 11 is 0. The van der Waals surface area contributed by atoms with Gasteiger partial charge in [0.05, 0.1) is 5.54 Å². The maximum atomic E-state index is 13.3. The molecule has 1 saturated heterocycles. The minimum atomic E-state index is -0.647. The Balaban J connectivity index is 1.25. The third-order valence-electron chi connectivity index (χ3n) is 7.04. The molecule has 2 fully saturated rings. The molecule has 178 valence electrons. The van der Waals surface area contributed by atoms with Gasteiger partial charge >= 0.3 is 6.01 Å². The van der Waals surface area contributed by atoms with E-state index in [4.69, 9.17) is 4.42 Å². The summed E-state index contributed by atoms with van der Waals surface area (Å²) in [5, 5.41) is 13.8. The summed E-state index contributed by atoms with van der Waals surface area (Å²) in [6.07, 6.45) is 2.20. The number of fused-ring (bicyclic) bond motifs is 1. The lowest BCUT2D eigenvalue weighted by molar-refractivity contribution is -0.136. The molecule has 2 N–H and O–H groups in total. The molecule has 3 amide bonds. The molecule has 3 heterocycles. The fourth-order valence-electron chi connectivity index (χ4n) is 4.92. The van der Waals surface area contributed by atoms with Gasteiger partial charge in [-0.2, -0.15) is 0 Å². The van der Waals surface area contributed by atoms with Gasteiger partial charge in [0.15, 0.2) is 0 Å². The molecule has 9 nitrogen and oxygen atoms in total. The molecule has 0 spiro atoms. The summed E-state index contributed by atoms with van der Waals surface area (Å²) < 4.78 is 19.0. The van der Waals surface area contributed by atoms with E-state index in [2.05, 4.69) is 26.9 Å². The number of aryl methyl sites for hydroxylation is 1. The van der Waals surface area contributed by atoms with Crippen molar-refractivity contribution >= 4 is 23.7 Å². The number of anilines is 1. The van der Waals surface area contributed by atoms with Crippen molar-refractivity contribution in [3.63, 3.8) is 0 Å². The number of carbonyl (C=O) groups excluding carboxylic acids is 3. The first-order valence-electron chi connectivity index (χ1n) is 11.5. The fraction of sp³-hybridized carbons (Fsp3) is 0.320. The van der Waals surface area contributed by atoms with Gasteiger partial charge in [0.2, 0.25) is 17.7 Å². The summed E-state index contributed by atoms with van der Waals surface area (Å²) in [6.45, 7) is 2.30. The molecule has 35 heavy (non-hydrogen) atoms. The molecule has 3 aromatic rings. The second kappa shape index (κ2) is 7.72. The van der Waals surface area contributed by atoms with Gasteiger partial charge in [-0.05, 0) is 73.2 Å². The van der Waals surface area contributed by atoms with E-state index in [1.165, 1.54) is 12.1 Å². The third-order valence-corrected chi connectivity index (χ3v) is 7.04. The van der Waals surface area contributed by atoms with Crippen LogP contribution >= 0.6 is 0 Å². The molecular weight excluding hydrogens is 453 g/mol. The molecule has 0 radical (unpaired) electrons. The van der Waals surface area contributed by atoms with E-state index >= 15 is 0 Å². The fourth-order valence-corrected chi connectivity index (χ4v) is 4.92. The average molecular weight is 475 g/mol. The molecule has 1 unspecified atom stereocenters. The summed E-state index contributed by atoms with van der Waals surface area (Å²) in [7, 11) is 0. The Kier molecular flexibility index (Phi) is 4.73. The van der Waals surface area contributed by atoms with Gasteiger partial charge in [-0.15, -0.1) is 5.10 Å². The van der Waals surface area contributed by atoms with E-state index in [-0.39, 0.29) is 36.0 Å². The Bertz CT molecular complexity index is 1380. The maximum absolute atomic E-state index is 13.3. The van der Waals surface area contributed by atoms with Crippen LogP contribution in [0.5, 0.6) is 0 Å². The van der Waals surface area contributed by atoms with Gasteiger partial charge in [0, 0.05) is 24.1 Å². The number of nitrogens with one attached hydrogen (secondary N) is 2. The van der Waals surface area contributed by atoms with Crippen molar-refractivity contribution in [1.82, 2.24) is 20.4 Å². The molecule has 3 aliphatic rings. The normalized spacial score (nSPS) is 20.6. The van der Waals surface area contributed by atoms with Crippen molar-refractivity contribution in [1.29, 1.82) is 0 Å². The first-order valence-corrected chi connectivity index (χ1v) is 11.5. The highest BCUT2D eigenvalue weighted by Gasteiger charge is 2.47. The van der Waals surface area contributed by atoms with Gasteiger partial charge in [0.25, 0.3) is 5.91 Å². The first-order chi connectivity index (χ1) is 16.8. The molecule has 10 heteroatoms. The Hall–Kier alpha value is -4.08. The van der Waals surface area contributed by atoms with Crippen LogP contribution in [-0.4, -0.2) is 38.9 Å². The lowest BCUT2D eigenvalue weighted by Crippen LogP contribution is -2.52. The largest absolute Gasteiger partial charge is 0.403 e. The third kappa shape index (κ3) is 3.65. The lowest BCUT2D eigenvalue weighted by Gasteiger charge is -2.29. The van der Waals surface area contributed by atoms with Crippen molar-refractivity contribution in [3.05, 3.63) is 64.5 Å². The number of nitrogens with zero attached hydrogens (tertiary/aromatic N) is 3. The van der Waals surface area contributed by atoms with Crippen molar-refractivity contribution in [3.8, 4) is 11.5 Å². The van der Waals surface area contributed by atoms with Crippen LogP contribution in [0.25, 0.3) is 11.5 Å². The summed E-state index contributed by atoms with van der Waals surface area (Å²) in [5.41, 5.74) is 3.56. The van der Waals surface area contributed by atoms with Crippen molar-refractivity contribution in [2.75, 3.05) is 5.32 Å². The SMILES string of the molecule is Cc1cc(C2(Nc3nnc(-c4ccc(F)cc4)o3)CC2)cc2c1CN(C1CCC(=O)NC1=O)C2=O. The van der Waals surface area contributed by atoms with Gasteiger partial charge in [0.1, 0.15) is 11.9 Å². The van der Waals surface area contributed by atoms with Crippen molar-refractivity contribution in [2.24, 2.45) is 0 Å². The number of amides is 3. The molecule has 1 aliphatic carbocycles. The smallest absolute Gasteiger partial charge is 0.316 e. The highest BCUT2D eigenvalue weighted by Crippen LogP contribution is 2.49. The number of hydrogen-bond donors (Lipinski definition) is 2. The van der Waals surface area contributed by atoms with Crippen LogP contribution in [0.2, 0.25) is 0 Å².